The minimum atomic E-state index is -0.521. The molecule has 0 radical (unpaired) electrons. The van der Waals surface area contributed by atoms with Crippen molar-refractivity contribution in [2.24, 2.45) is 0 Å². The highest BCUT2D eigenvalue weighted by Crippen LogP contribution is 2.07. The molecule has 100 valence electrons. The summed E-state index contributed by atoms with van der Waals surface area (Å²) in [5, 5.41) is 5.62. The van der Waals surface area contributed by atoms with E-state index in [9.17, 15) is 9.59 Å². The smallest absolute Gasteiger partial charge is 0.407 e. The molecule has 0 heterocycles. The van der Waals surface area contributed by atoms with Crippen molar-refractivity contribution in [2.75, 3.05) is 11.9 Å². The molecule has 5 nitrogen and oxygen atoms in total. The van der Waals surface area contributed by atoms with Gasteiger partial charge >= 0.3 is 6.09 Å². The van der Waals surface area contributed by atoms with Gasteiger partial charge in [-0.05, 0) is 34.6 Å². The molecule has 0 fully saturated rings. The monoisotopic (exact) mass is 308 g/mol. The number of alkyl halides is 1. The molecule has 2 N–H and O–H groups in total. The normalized spacial score (nSPS) is 11.9. The molecule has 6 heteroatoms. The first-order valence-corrected chi connectivity index (χ1v) is 6.52. The quantitative estimate of drug-likeness (QED) is 0.778. The van der Waals surface area contributed by atoms with Crippen molar-refractivity contribution < 1.29 is 14.3 Å². The topological polar surface area (TPSA) is 67.4 Å². The second-order valence-corrected chi connectivity index (χ2v) is 5.98. The van der Waals surface area contributed by atoms with Crippen molar-refractivity contribution in [3.8, 4) is 0 Å². The average molecular weight is 309 g/mol. The lowest BCUT2D eigenvalue weighted by molar-refractivity contribution is -0.120. The van der Waals surface area contributed by atoms with Crippen LogP contribution in [0.5, 0.6) is 0 Å². The van der Waals surface area contributed by atoms with Gasteiger partial charge < -0.3 is 15.4 Å². The molecule has 0 aromatic carbocycles. The van der Waals surface area contributed by atoms with E-state index in [1.54, 1.807) is 20.8 Å². The van der Waals surface area contributed by atoms with Crippen molar-refractivity contribution in [3.05, 3.63) is 0 Å². The lowest BCUT2D eigenvalue weighted by Crippen LogP contribution is -2.52. The van der Waals surface area contributed by atoms with Crippen molar-refractivity contribution in [1.29, 1.82) is 0 Å². The zero-order valence-corrected chi connectivity index (χ0v) is 12.6. The van der Waals surface area contributed by atoms with Gasteiger partial charge in [0, 0.05) is 6.54 Å². The molecule has 0 rings (SSSR count). The number of alkyl carbamates (subject to hydrolysis) is 1. The van der Waals surface area contributed by atoms with Crippen LogP contribution in [0, 0.1) is 0 Å². The lowest BCUT2D eigenvalue weighted by Gasteiger charge is -2.27. The Morgan fingerprint density at radius 1 is 1.18 bits per heavy atom. The van der Waals surface area contributed by atoms with Gasteiger partial charge in [0.05, 0.1) is 10.9 Å². The Balaban J connectivity index is 4.09. The minimum Gasteiger partial charge on any atom is -0.444 e. The highest BCUT2D eigenvalue weighted by molar-refractivity contribution is 9.09. The van der Waals surface area contributed by atoms with E-state index in [-0.39, 0.29) is 11.2 Å². The third-order valence-electron chi connectivity index (χ3n) is 1.67. The molecule has 0 aliphatic carbocycles. The van der Waals surface area contributed by atoms with E-state index < -0.39 is 17.2 Å². The fraction of sp³-hybridized carbons (Fsp3) is 0.818. The number of hydrogen-bond donors (Lipinski definition) is 2. The highest BCUT2D eigenvalue weighted by Gasteiger charge is 2.22. The maximum atomic E-state index is 11.4. The number of carbonyl (C=O) groups is 2. The van der Waals surface area contributed by atoms with Gasteiger partial charge in [-0.3, -0.25) is 4.79 Å². The highest BCUT2D eigenvalue weighted by atomic mass is 79.9. The summed E-state index contributed by atoms with van der Waals surface area (Å²) < 4.78 is 5.09. The molecule has 0 spiro atoms. The van der Waals surface area contributed by atoms with Crippen LogP contribution in [0.1, 0.15) is 34.6 Å². The molecule has 0 aromatic heterocycles. The van der Waals surface area contributed by atoms with Gasteiger partial charge in [-0.25, -0.2) is 4.79 Å². The number of amides is 2. The van der Waals surface area contributed by atoms with Crippen molar-refractivity contribution in [2.45, 2.75) is 45.8 Å². The fourth-order valence-corrected chi connectivity index (χ4v) is 1.20. The predicted molar refractivity (Wildman–Crippen MR) is 70.3 cm³/mol. The van der Waals surface area contributed by atoms with E-state index in [1.165, 1.54) is 0 Å². The summed E-state index contributed by atoms with van der Waals surface area (Å²) in [5.41, 5.74) is -1.03. The van der Waals surface area contributed by atoms with Crippen LogP contribution < -0.4 is 10.6 Å². The van der Waals surface area contributed by atoms with Gasteiger partial charge in [0.15, 0.2) is 0 Å². The van der Waals surface area contributed by atoms with Gasteiger partial charge in [0.2, 0.25) is 5.91 Å². The van der Waals surface area contributed by atoms with Crippen LogP contribution in [-0.4, -0.2) is 35.0 Å². The van der Waals surface area contributed by atoms with E-state index in [2.05, 4.69) is 26.6 Å². The Morgan fingerprint density at radius 3 is 2.12 bits per heavy atom. The van der Waals surface area contributed by atoms with Crippen LogP contribution in [-0.2, 0) is 9.53 Å². The van der Waals surface area contributed by atoms with Gasteiger partial charge in [0.25, 0.3) is 0 Å². The van der Waals surface area contributed by atoms with E-state index in [0.29, 0.717) is 6.54 Å². The lowest BCUT2D eigenvalue weighted by atomic mass is 10.1. The van der Waals surface area contributed by atoms with Crippen molar-refractivity contribution in [3.63, 3.8) is 0 Å². The Hall–Kier alpha value is -0.780. The SMILES string of the molecule is CC(C)(CNC(=O)OC(C)(C)C)NC(=O)CBr. The molecule has 0 saturated carbocycles. The zero-order valence-electron chi connectivity index (χ0n) is 11.0. The fourth-order valence-electron chi connectivity index (χ4n) is 1.06. The third kappa shape index (κ3) is 8.97. The van der Waals surface area contributed by atoms with Crippen LogP contribution in [0.4, 0.5) is 4.79 Å². The average Bonchev–Trinajstić information content (AvgIpc) is 2.11. The molecular formula is C11H21BrN2O3. The minimum absolute atomic E-state index is 0.124. The first kappa shape index (κ1) is 16.2. The Morgan fingerprint density at radius 2 is 1.71 bits per heavy atom. The largest absolute Gasteiger partial charge is 0.444 e. The molecule has 0 bridgehead atoms. The number of halogens is 1. The van der Waals surface area contributed by atoms with Crippen LogP contribution in [0.15, 0.2) is 0 Å². The number of rotatable bonds is 4. The summed E-state index contributed by atoms with van der Waals surface area (Å²) in [6.45, 7) is 9.34. The second-order valence-electron chi connectivity index (χ2n) is 5.42. The van der Waals surface area contributed by atoms with Gasteiger partial charge in [-0.15, -0.1) is 0 Å². The summed E-state index contributed by atoms with van der Waals surface area (Å²) in [6, 6.07) is 0. The van der Waals surface area contributed by atoms with E-state index >= 15 is 0 Å². The predicted octanol–water partition coefficient (Wildman–Crippen LogP) is 1.80. The van der Waals surface area contributed by atoms with E-state index in [4.69, 9.17) is 4.74 Å². The molecule has 0 saturated heterocycles. The molecule has 0 aromatic rings. The standard InChI is InChI=1S/C11H21BrN2O3/c1-10(2,3)17-9(16)13-7-11(4,5)14-8(15)6-12/h6-7H2,1-5H3,(H,13,16)(H,14,15). The molecule has 0 aliphatic rings. The van der Waals surface area contributed by atoms with Crippen LogP contribution >= 0.6 is 15.9 Å². The summed E-state index contributed by atoms with van der Waals surface area (Å²) in [7, 11) is 0. The maximum Gasteiger partial charge on any atom is 0.407 e. The second kappa shape index (κ2) is 6.23. The Labute approximate surface area is 111 Å². The molecule has 0 atom stereocenters. The van der Waals surface area contributed by atoms with Crippen molar-refractivity contribution in [1.82, 2.24) is 10.6 Å². The van der Waals surface area contributed by atoms with Crippen molar-refractivity contribution >= 4 is 27.9 Å². The van der Waals surface area contributed by atoms with Gasteiger partial charge in [0.1, 0.15) is 5.60 Å². The zero-order chi connectivity index (χ0) is 13.7. The first-order chi connectivity index (χ1) is 7.56. The summed E-state index contributed by atoms with van der Waals surface area (Å²) in [5.74, 6) is -0.124. The molecular weight excluding hydrogens is 288 g/mol. The Kier molecular flexibility index (Phi) is 5.95. The third-order valence-corrected chi connectivity index (χ3v) is 2.18. The Bertz CT molecular complexity index is 285. The summed E-state index contributed by atoms with van der Waals surface area (Å²) in [4.78, 5) is 22.6. The van der Waals surface area contributed by atoms with Crippen LogP contribution in [0.3, 0.4) is 0 Å². The van der Waals surface area contributed by atoms with Crippen LogP contribution in [0.25, 0.3) is 0 Å². The van der Waals surface area contributed by atoms with E-state index in [0.717, 1.165) is 0 Å². The summed E-state index contributed by atoms with van der Waals surface area (Å²) in [6.07, 6.45) is -0.487. The molecule has 17 heavy (non-hydrogen) atoms. The number of hydrogen-bond acceptors (Lipinski definition) is 3. The van der Waals surface area contributed by atoms with E-state index in [1.807, 2.05) is 13.8 Å². The van der Waals surface area contributed by atoms with Gasteiger partial charge in [-0.2, -0.15) is 0 Å². The molecule has 0 unspecified atom stereocenters. The number of carbonyl (C=O) groups excluding carboxylic acids is 2. The first-order valence-electron chi connectivity index (χ1n) is 5.39. The van der Waals surface area contributed by atoms with Crippen LogP contribution in [0.2, 0.25) is 0 Å². The van der Waals surface area contributed by atoms with Gasteiger partial charge in [-0.1, -0.05) is 15.9 Å². The number of ether oxygens (including phenoxy) is 1. The maximum absolute atomic E-state index is 11.4. The number of nitrogens with one attached hydrogen (secondary N) is 2. The summed E-state index contributed by atoms with van der Waals surface area (Å²) >= 11 is 3.06. The molecule has 0 aliphatic heterocycles. The molecule has 2 amide bonds.